The number of fused-ring (bicyclic) bond motifs is 4. The van der Waals surface area contributed by atoms with Gasteiger partial charge in [0.1, 0.15) is 0 Å². The Kier molecular flexibility index (Phi) is 13.1. The molecular weight excluding hydrogens is 791 g/mol. The SMILES string of the molecule is C=C(/C=C\C=C(/C)n1c2ccccc2c2ccccc2n(-c2cccc(C3=CC=CCC3)c2)c2ccccc21)C1=CC(c2nc(/C=C/C=C\C=C/C)nc(C3=CCCC=C3)n2)=CCC=C1. The lowest BCUT2D eigenvalue weighted by Crippen LogP contribution is -2.05. The Hall–Kier alpha value is -7.89. The summed E-state index contributed by atoms with van der Waals surface area (Å²) in [6, 6.07) is 35.3. The number of para-hydroxylation sites is 4. The number of rotatable bonds is 11. The van der Waals surface area contributed by atoms with Crippen LogP contribution in [0.5, 0.6) is 0 Å². The molecule has 0 amide bonds. The fraction of sp³-hybridized carbons (Fsp3) is 0.117. The molecule has 0 N–H and O–H groups in total. The molecule has 0 saturated carbocycles. The van der Waals surface area contributed by atoms with Crippen LogP contribution in [0.1, 0.15) is 69.0 Å². The predicted octanol–water partition coefficient (Wildman–Crippen LogP) is 15.6. The largest absolute Gasteiger partial charge is 0.312 e. The monoisotopic (exact) mass is 843 g/mol. The maximum absolute atomic E-state index is 5.01. The van der Waals surface area contributed by atoms with Crippen LogP contribution in [-0.2, 0) is 0 Å². The number of hydrogen-bond acceptors (Lipinski definition) is 3. The van der Waals surface area contributed by atoms with Crippen LogP contribution in [-0.4, -0.2) is 24.1 Å². The number of hydrogen-bond donors (Lipinski definition) is 0. The van der Waals surface area contributed by atoms with Gasteiger partial charge in [-0.2, -0.15) is 0 Å². The van der Waals surface area contributed by atoms with Crippen molar-refractivity contribution in [2.75, 3.05) is 0 Å². The summed E-state index contributed by atoms with van der Waals surface area (Å²) in [4.78, 5) is 14.8. The van der Waals surface area contributed by atoms with Crippen LogP contribution in [0.3, 0.4) is 0 Å². The molecule has 2 aromatic heterocycles. The van der Waals surface area contributed by atoms with Crippen molar-refractivity contribution >= 4 is 61.3 Å². The summed E-state index contributed by atoms with van der Waals surface area (Å²) >= 11 is 0. The van der Waals surface area contributed by atoms with Crippen LogP contribution < -0.4 is 0 Å². The number of benzene rings is 4. The van der Waals surface area contributed by atoms with Crippen molar-refractivity contribution in [3.05, 3.63) is 247 Å². The minimum atomic E-state index is 0.615. The lowest BCUT2D eigenvalue weighted by atomic mass is 9.97. The van der Waals surface area contributed by atoms with Gasteiger partial charge in [0, 0.05) is 33.3 Å². The first kappa shape index (κ1) is 42.4. The molecule has 3 aliphatic carbocycles. The zero-order valence-corrected chi connectivity index (χ0v) is 37.2. The molecule has 9 rings (SSSR count). The molecule has 4 aromatic carbocycles. The van der Waals surface area contributed by atoms with Gasteiger partial charge in [0.05, 0.1) is 22.1 Å². The zero-order valence-electron chi connectivity index (χ0n) is 37.2. The standard InChI is InChI=1S/C60H53N5/c1-4-5-6-7-14-41-58-61-59(47-29-12-9-13-30-47)63-60(62-58)50-32-16-15-31-48(42-50)44(2)25-23-26-45(3)64-54-37-19-17-35-52(54)53-36-18-20-38-55(53)65(57-40-22-21-39-56(57)64)51-34-24-33-49(43-51)46-27-10-8-11-28-46/h4-8,10,12,14-15,17-27,29-43H,2,9,11,13,16,28H2,1,3H3/b5-4-,7-6-,25-23-,41-14+,45-26+. The summed E-state index contributed by atoms with van der Waals surface area (Å²) in [6.45, 7) is 8.74. The fourth-order valence-electron chi connectivity index (χ4n) is 8.62. The third-order valence-corrected chi connectivity index (χ3v) is 11.8. The highest BCUT2D eigenvalue weighted by atomic mass is 15.0. The minimum Gasteiger partial charge on any atom is -0.312 e. The van der Waals surface area contributed by atoms with E-state index in [-0.39, 0.29) is 0 Å². The Bertz CT molecular complexity index is 3260. The summed E-state index contributed by atoms with van der Waals surface area (Å²) in [6.07, 6.45) is 44.9. The van der Waals surface area contributed by atoms with E-state index in [2.05, 4.69) is 199 Å². The van der Waals surface area contributed by atoms with Gasteiger partial charge in [-0.3, -0.25) is 0 Å². The van der Waals surface area contributed by atoms with Gasteiger partial charge >= 0.3 is 0 Å². The van der Waals surface area contributed by atoms with Crippen LogP contribution in [0.15, 0.2) is 224 Å². The van der Waals surface area contributed by atoms with Crippen molar-refractivity contribution < 1.29 is 0 Å². The molecule has 0 atom stereocenters. The van der Waals surface area contributed by atoms with Gasteiger partial charge in [-0.05, 0) is 123 Å². The molecule has 318 valence electrons. The van der Waals surface area contributed by atoms with Gasteiger partial charge in [0.2, 0.25) is 0 Å². The van der Waals surface area contributed by atoms with Gasteiger partial charge < -0.3 is 9.13 Å². The van der Waals surface area contributed by atoms with Gasteiger partial charge in [0.15, 0.2) is 17.5 Å². The lowest BCUT2D eigenvalue weighted by molar-refractivity contribution is 0.964. The minimum absolute atomic E-state index is 0.615. The number of allylic oxidation sites excluding steroid dienone is 24. The van der Waals surface area contributed by atoms with Crippen molar-refractivity contribution in [2.45, 2.75) is 46.0 Å². The summed E-state index contributed by atoms with van der Waals surface area (Å²) in [5, 5.41) is 2.33. The molecule has 0 fully saturated rings. The summed E-state index contributed by atoms with van der Waals surface area (Å²) < 4.78 is 4.82. The van der Waals surface area contributed by atoms with Gasteiger partial charge in [-0.15, -0.1) is 0 Å². The Morgan fingerprint density at radius 1 is 0.662 bits per heavy atom. The van der Waals surface area contributed by atoms with Crippen LogP contribution in [0.4, 0.5) is 0 Å². The molecule has 3 aliphatic rings. The van der Waals surface area contributed by atoms with E-state index in [1.54, 1.807) is 0 Å². The number of nitrogens with zero attached hydrogens (tertiary/aromatic N) is 5. The quantitative estimate of drug-likeness (QED) is 0.122. The smallest absolute Gasteiger partial charge is 0.163 e. The van der Waals surface area contributed by atoms with E-state index in [1.165, 1.54) is 16.5 Å². The molecule has 5 nitrogen and oxygen atoms in total. The molecule has 0 spiro atoms. The molecule has 0 unspecified atom stereocenters. The Morgan fingerprint density at radius 2 is 1.42 bits per heavy atom. The van der Waals surface area contributed by atoms with Crippen LogP contribution in [0, 0.1) is 0 Å². The van der Waals surface area contributed by atoms with Crippen molar-refractivity contribution in [1.29, 1.82) is 0 Å². The molecule has 0 saturated heterocycles. The molecule has 0 radical (unpaired) electrons. The van der Waals surface area contributed by atoms with E-state index >= 15 is 0 Å². The van der Waals surface area contributed by atoms with Crippen molar-refractivity contribution in [3.63, 3.8) is 0 Å². The van der Waals surface area contributed by atoms with E-state index in [0.29, 0.717) is 17.5 Å². The Morgan fingerprint density at radius 3 is 2.20 bits per heavy atom. The molecule has 65 heavy (non-hydrogen) atoms. The highest BCUT2D eigenvalue weighted by Gasteiger charge is 2.16. The van der Waals surface area contributed by atoms with Gasteiger partial charge in [-0.1, -0.05) is 164 Å². The first-order valence-electron chi connectivity index (χ1n) is 22.6. The molecule has 0 bridgehead atoms. The predicted molar refractivity (Wildman–Crippen MR) is 277 cm³/mol. The third kappa shape index (κ3) is 9.56. The molecule has 2 heterocycles. The lowest BCUT2D eigenvalue weighted by Gasteiger charge is -2.21. The van der Waals surface area contributed by atoms with Crippen molar-refractivity contribution in [1.82, 2.24) is 24.1 Å². The van der Waals surface area contributed by atoms with Crippen LogP contribution >= 0.6 is 0 Å². The van der Waals surface area contributed by atoms with Crippen LogP contribution in [0.25, 0.3) is 67.0 Å². The Labute approximate surface area is 382 Å². The second-order valence-corrected chi connectivity index (χ2v) is 16.2. The summed E-state index contributed by atoms with van der Waals surface area (Å²) in [5.74, 6) is 1.93. The highest BCUT2D eigenvalue weighted by molar-refractivity contribution is 6.07. The molecule has 5 heteroatoms. The normalized spacial score (nSPS) is 15.6. The number of aromatic nitrogens is 5. The van der Waals surface area contributed by atoms with E-state index < -0.39 is 0 Å². The van der Waals surface area contributed by atoms with Crippen molar-refractivity contribution in [3.8, 4) is 5.69 Å². The van der Waals surface area contributed by atoms with E-state index in [4.69, 9.17) is 15.0 Å². The topological polar surface area (TPSA) is 48.5 Å². The average Bonchev–Trinajstić information content (AvgIpc) is 3.62. The van der Waals surface area contributed by atoms with E-state index in [9.17, 15) is 0 Å². The maximum Gasteiger partial charge on any atom is 0.163 e. The van der Waals surface area contributed by atoms with Crippen molar-refractivity contribution in [2.24, 2.45) is 0 Å². The second kappa shape index (κ2) is 20.1. The molecular formula is C60H53N5. The molecule has 6 aromatic rings. The van der Waals surface area contributed by atoms with Gasteiger partial charge in [0.25, 0.3) is 0 Å². The maximum atomic E-state index is 5.01. The third-order valence-electron chi connectivity index (χ3n) is 11.8. The van der Waals surface area contributed by atoms with Gasteiger partial charge in [-0.25, -0.2) is 15.0 Å². The highest BCUT2D eigenvalue weighted by Crippen LogP contribution is 2.34. The van der Waals surface area contributed by atoms with Crippen LogP contribution in [0.2, 0.25) is 0 Å². The molecule has 0 aliphatic heterocycles. The fourth-order valence-corrected chi connectivity index (χ4v) is 8.62. The van der Waals surface area contributed by atoms with E-state index in [0.717, 1.165) is 93.2 Å². The first-order chi connectivity index (χ1) is 32.1. The summed E-state index contributed by atoms with van der Waals surface area (Å²) in [7, 11) is 0. The summed E-state index contributed by atoms with van der Waals surface area (Å²) in [5.41, 5.74) is 13.1. The average molecular weight is 844 g/mol. The van der Waals surface area contributed by atoms with E-state index in [1.807, 2.05) is 43.4 Å². The first-order valence-corrected chi connectivity index (χ1v) is 22.6. The Balaban J connectivity index is 1.11. The zero-order chi connectivity index (χ0) is 44.4. The second-order valence-electron chi connectivity index (χ2n) is 16.2.